The molecule has 1 aromatic carbocycles. The molecule has 2 rings (SSSR count). The van der Waals surface area contributed by atoms with Gasteiger partial charge in [0.1, 0.15) is 0 Å². The Morgan fingerprint density at radius 1 is 1.23 bits per heavy atom. The Kier molecular flexibility index (Phi) is 4.58. The lowest BCUT2D eigenvalue weighted by Crippen LogP contribution is -2.34. The smallest absolute Gasteiger partial charge is 0.394 e. The molecule has 1 saturated heterocycles. The molecular formula is C13H10Cl2F3NO3. The van der Waals surface area contributed by atoms with Crippen LogP contribution in [0, 0.1) is 11.8 Å². The van der Waals surface area contributed by atoms with Crippen LogP contribution in [0.25, 0.3) is 0 Å². The standard InChI is InChI=1S/C13H10Cl2F3NO3/c14-6-1-2-10(15)7(3-6)11(20)19-4-8(12(21)22)9(5-19)13(16,17)18/h1-3,8-9H,4-5H2,(H,21,22)/t8-,9-/m1/s1. The van der Waals surface area contributed by atoms with Crippen LogP contribution in [-0.2, 0) is 4.79 Å². The van der Waals surface area contributed by atoms with E-state index < -0.39 is 43.0 Å². The number of likely N-dealkylation sites (tertiary alicyclic amines) is 1. The van der Waals surface area contributed by atoms with Crippen molar-refractivity contribution in [1.29, 1.82) is 0 Å². The Labute approximate surface area is 133 Å². The zero-order valence-corrected chi connectivity index (χ0v) is 12.4. The molecule has 0 aromatic heterocycles. The molecule has 0 spiro atoms. The first-order valence-electron chi connectivity index (χ1n) is 6.15. The van der Waals surface area contributed by atoms with Gasteiger partial charge in [-0.1, -0.05) is 23.2 Å². The number of alkyl halides is 3. The molecule has 1 fully saturated rings. The third-order valence-electron chi connectivity index (χ3n) is 3.50. The summed E-state index contributed by atoms with van der Waals surface area (Å²) in [6.45, 7) is -1.25. The van der Waals surface area contributed by atoms with Gasteiger partial charge in [0.05, 0.1) is 22.4 Å². The summed E-state index contributed by atoms with van der Waals surface area (Å²) in [5.74, 6) is -6.16. The molecule has 0 aliphatic carbocycles. The minimum absolute atomic E-state index is 0.0386. The van der Waals surface area contributed by atoms with Crippen molar-refractivity contribution >= 4 is 35.1 Å². The first kappa shape index (κ1) is 16.9. The van der Waals surface area contributed by atoms with Crippen molar-refractivity contribution in [2.45, 2.75) is 6.18 Å². The van der Waals surface area contributed by atoms with E-state index in [0.717, 1.165) is 4.90 Å². The second-order valence-corrected chi connectivity index (χ2v) is 5.77. The number of halogens is 5. The zero-order valence-electron chi connectivity index (χ0n) is 10.9. The molecule has 1 amide bonds. The van der Waals surface area contributed by atoms with E-state index in [1.54, 1.807) is 0 Å². The van der Waals surface area contributed by atoms with Crippen molar-refractivity contribution in [2.75, 3.05) is 13.1 Å². The highest BCUT2D eigenvalue weighted by molar-refractivity contribution is 6.35. The van der Waals surface area contributed by atoms with Crippen molar-refractivity contribution in [3.05, 3.63) is 33.8 Å². The Balaban J connectivity index is 2.29. The van der Waals surface area contributed by atoms with E-state index >= 15 is 0 Å². The zero-order chi connectivity index (χ0) is 16.7. The van der Waals surface area contributed by atoms with E-state index in [4.69, 9.17) is 28.3 Å². The van der Waals surface area contributed by atoms with Crippen LogP contribution in [0.5, 0.6) is 0 Å². The lowest BCUT2D eigenvalue weighted by atomic mass is 9.96. The Morgan fingerprint density at radius 3 is 2.36 bits per heavy atom. The number of carboxylic acids is 1. The first-order valence-corrected chi connectivity index (χ1v) is 6.90. The van der Waals surface area contributed by atoms with Gasteiger partial charge in [-0.25, -0.2) is 0 Å². The van der Waals surface area contributed by atoms with Gasteiger partial charge in [-0.3, -0.25) is 9.59 Å². The van der Waals surface area contributed by atoms with Crippen molar-refractivity contribution in [3.8, 4) is 0 Å². The van der Waals surface area contributed by atoms with E-state index in [-0.39, 0.29) is 15.6 Å². The summed E-state index contributed by atoms with van der Waals surface area (Å²) < 4.78 is 38.7. The van der Waals surface area contributed by atoms with E-state index in [9.17, 15) is 22.8 Å². The van der Waals surface area contributed by atoms with Gasteiger partial charge >= 0.3 is 12.1 Å². The molecule has 0 unspecified atom stereocenters. The molecule has 1 N–H and O–H groups in total. The Hall–Kier alpha value is -1.47. The molecule has 4 nitrogen and oxygen atoms in total. The van der Waals surface area contributed by atoms with Crippen molar-refractivity contribution in [3.63, 3.8) is 0 Å². The normalized spacial score (nSPS) is 22.0. The molecule has 9 heteroatoms. The monoisotopic (exact) mass is 355 g/mol. The van der Waals surface area contributed by atoms with Crippen molar-refractivity contribution < 1.29 is 27.9 Å². The summed E-state index contributed by atoms with van der Waals surface area (Å²) in [4.78, 5) is 24.1. The second kappa shape index (κ2) is 5.96. The number of carbonyl (C=O) groups excluding carboxylic acids is 1. The molecule has 0 saturated carbocycles. The SMILES string of the molecule is O=C(O)[C@@H]1CN(C(=O)c2cc(Cl)ccc2Cl)C[C@H]1C(F)(F)F. The summed E-state index contributed by atoms with van der Waals surface area (Å²) in [6, 6.07) is 4.02. The molecule has 1 aliphatic rings. The van der Waals surface area contributed by atoms with E-state index in [1.165, 1.54) is 18.2 Å². The maximum atomic E-state index is 12.9. The number of carboxylic acid groups (broad SMARTS) is 1. The maximum Gasteiger partial charge on any atom is 0.394 e. The van der Waals surface area contributed by atoms with Crippen LogP contribution in [0.4, 0.5) is 13.2 Å². The summed E-state index contributed by atoms with van der Waals surface area (Å²) in [5.41, 5.74) is -0.0545. The number of rotatable bonds is 2. The molecule has 22 heavy (non-hydrogen) atoms. The van der Waals surface area contributed by atoms with Gasteiger partial charge in [0.25, 0.3) is 5.91 Å². The number of carbonyl (C=O) groups is 2. The number of aliphatic carboxylic acids is 1. The summed E-state index contributed by atoms with van der Waals surface area (Å²) >= 11 is 11.6. The molecule has 2 atom stereocenters. The average molecular weight is 356 g/mol. The van der Waals surface area contributed by atoms with Crippen LogP contribution in [-0.4, -0.2) is 41.1 Å². The molecule has 1 heterocycles. The predicted molar refractivity (Wildman–Crippen MR) is 73.0 cm³/mol. The molecule has 0 radical (unpaired) electrons. The molecule has 1 aromatic rings. The lowest BCUT2D eigenvalue weighted by Gasteiger charge is -2.18. The number of nitrogens with zero attached hydrogens (tertiary/aromatic N) is 1. The largest absolute Gasteiger partial charge is 0.481 e. The summed E-state index contributed by atoms with van der Waals surface area (Å²) in [7, 11) is 0. The first-order chi connectivity index (χ1) is 10.1. The predicted octanol–water partition coefficient (Wildman–Crippen LogP) is 3.33. The van der Waals surface area contributed by atoms with Gasteiger partial charge < -0.3 is 10.0 Å². The fourth-order valence-electron chi connectivity index (χ4n) is 2.38. The minimum atomic E-state index is -4.70. The van der Waals surface area contributed by atoms with Gasteiger partial charge in [-0.15, -0.1) is 0 Å². The fourth-order valence-corrected chi connectivity index (χ4v) is 2.75. The fraction of sp³-hybridized carbons (Fsp3) is 0.385. The lowest BCUT2D eigenvalue weighted by molar-refractivity contribution is -0.187. The van der Waals surface area contributed by atoms with E-state index in [0.29, 0.717) is 0 Å². The Bertz CT molecular complexity index is 621. The summed E-state index contributed by atoms with van der Waals surface area (Å²) in [6.07, 6.45) is -4.70. The number of hydrogen-bond acceptors (Lipinski definition) is 2. The number of amides is 1. The van der Waals surface area contributed by atoms with Crippen molar-refractivity contribution in [1.82, 2.24) is 4.90 Å². The van der Waals surface area contributed by atoms with Crippen LogP contribution in [0.2, 0.25) is 10.0 Å². The van der Waals surface area contributed by atoms with Crippen LogP contribution in [0.1, 0.15) is 10.4 Å². The van der Waals surface area contributed by atoms with Gasteiger partial charge in [-0.2, -0.15) is 13.2 Å². The minimum Gasteiger partial charge on any atom is -0.481 e. The van der Waals surface area contributed by atoms with Gasteiger partial charge in [0.15, 0.2) is 0 Å². The number of benzene rings is 1. The van der Waals surface area contributed by atoms with E-state index in [2.05, 4.69) is 0 Å². The highest BCUT2D eigenvalue weighted by atomic mass is 35.5. The Morgan fingerprint density at radius 2 is 1.86 bits per heavy atom. The van der Waals surface area contributed by atoms with Crippen LogP contribution in [0.3, 0.4) is 0 Å². The maximum absolute atomic E-state index is 12.9. The van der Waals surface area contributed by atoms with Crippen LogP contribution >= 0.6 is 23.2 Å². The quantitative estimate of drug-likeness (QED) is 0.885. The average Bonchev–Trinajstić information content (AvgIpc) is 2.86. The van der Waals surface area contributed by atoms with Crippen molar-refractivity contribution in [2.24, 2.45) is 11.8 Å². The van der Waals surface area contributed by atoms with Crippen LogP contribution < -0.4 is 0 Å². The van der Waals surface area contributed by atoms with Gasteiger partial charge in [0.2, 0.25) is 0 Å². The molecule has 0 bridgehead atoms. The van der Waals surface area contributed by atoms with Gasteiger partial charge in [-0.05, 0) is 18.2 Å². The van der Waals surface area contributed by atoms with Crippen LogP contribution in [0.15, 0.2) is 18.2 Å². The third-order valence-corrected chi connectivity index (χ3v) is 4.07. The summed E-state index contributed by atoms with van der Waals surface area (Å²) in [5, 5.41) is 9.17. The molecule has 120 valence electrons. The molecule has 1 aliphatic heterocycles. The molecular weight excluding hydrogens is 346 g/mol. The second-order valence-electron chi connectivity index (χ2n) is 4.93. The highest BCUT2D eigenvalue weighted by Crippen LogP contribution is 2.38. The van der Waals surface area contributed by atoms with Gasteiger partial charge in [0, 0.05) is 18.1 Å². The van der Waals surface area contributed by atoms with E-state index in [1.807, 2.05) is 0 Å². The highest BCUT2D eigenvalue weighted by Gasteiger charge is 2.53. The number of hydrogen-bond donors (Lipinski definition) is 1. The third kappa shape index (κ3) is 3.30. The topological polar surface area (TPSA) is 57.6 Å².